The molecule has 2 bridgehead atoms. The minimum absolute atomic E-state index is 0.106. The second-order valence-corrected chi connectivity index (χ2v) is 14.8. The summed E-state index contributed by atoms with van der Waals surface area (Å²) >= 11 is 0. The van der Waals surface area contributed by atoms with Crippen molar-refractivity contribution >= 4 is 35.4 Å². The first-order valence-corrected chi connectivity index (χ1v) is 17.2. The van der Waals surface area contributed by atoms with Gasteiger partial charge in [-0.15, -0.1) is 0 Å². The third-order valence-electron chi connectivity index (χ3n) is 11.4. The van der Waals surface area contributed by atoms with Gasteiger partial charge in [-0.2, -0.15) is 0 Å². The zero-order chi connectivity index (χ0) is 33.0. The topological polar surface area (TPSA) is 123 Å². The predicted molar refractivity (Wildman–Crippen MR) is 175 cm³/mol. The van der Waals surface area contributed by atoms with Gasteiger partial charge in [-0.25, -0.2) is 4.79 Å². The SMILES string of the molecule is O=C1CCC(N2C(=O)c3ccc(N4CCN(CC56CC(CN7CCN(C(=O)OCc8ccccc8)CC7)(C5)C6)CC4)cc3C2=O)C(=O)N1. The van der Waals surface area contributed by atoms with E-state index in [9.17, 15) is 24.0 Å². The van der Waals surface area contributed by atoms with E-state index in [1.807, 2.05) is 41.3 Å². The molecular formula is C36H42N6O6. The van der Waals surface area contributed by atoms with Crippen molar-refractivity contribution in [2.75, 3.05) is 70.3 Å². The molecule has 3 saturated carbocycles. The van der Waals surface area contributed by atoms with E-state index >= 15 is 0 Å². The van der Waals surface area contributed by atoms with Crippen LogP contribution in [-0.4, -0.2) is 121 Å². The van der Waals surface area contributed by atoms with E-state index in [-0.39, 0.29) is 24.8 Å². The lowest BCUT2D eigenvalue weighted by atomic mass is 9.35. The monoisotopic (exact) mass is 654 g/mol. The summed E-state index contributed by atoms with van der Waals surface area (Å²) < 4.78 is 5.53. The average molecular weight is 655 g/mol. The number of piperidine rings is 1. The quantitative estimate of drug-likeness (QED) is 0.428. The molecule has 3 saturated heterocycles. The van der Waals surface area contributed by atoms with Crippen molar-refractivity contribution in [3.8, 4) is 0 Å². The van der Waals surface area contributed by atoms with Crippen molar-refractivity contribution < 1.29 is 28.7 Å². The highest BCUT2D eigenvalue weighted by molar-refractivity contribution is 6.23. The molecule has 252 valence electrons. The number of carbonyl (C=O) groups excluding carboxylic acids is 5. The molecule has 5 amide bonds. The van der Waals surface area contributed by atoms with Gasteiger partial charge in [0.05, 0.1) is 11.1 Å². The third kappa shape index (κ3) is 5.64. The van der Waals surface area contributed by atoms with Crippen molar-refractivity contribution in [2.24, 2.45) is 10.8 Å². The van der Waals surface area contributed by atoms with E-state index in [1.165, 1.54) is 19.3 Å². The van der Waals surface area contributed by atoms with Crippen LogP contribution in [0.5, 0.6) is 0 Å². The van der Waals surface area contributed by atoms with Crippen molar-refractivity contribution in [1.82, 2.24) is 24.9 Å². The zero-order valence-corrected chi connectivity index (χ0v) is 27.2. The summed E-state index contributed by atoms with van der Waals surface area (Å²) in [5.74, 6) is -1.92. The molecule has 3 aliphatic carbocycles. The second kappa shape index (κ2) is 12.0. The van der Waals surface area contributed by atoms with Crippen LogP contribution in [0.1, 0.15) is 58.4 Å². The summed E-state index contributed by atoms with van der Waals surface area (Å²) in [5.41, 5.74) is 3.43. The summed E-state index contributed by atoms with van der Waals surface area (Å²) in [6, 6.07) is 14.2. The zero-order valence-electron chi connectivity index (χ0n) is 27.2. The van der Waals surface area contributed by atoms with Crippen LogP contribution in [0.25, 0.3) is 0 Å². The first-order chi connectivity index (χ1) is 23.2. The maximum Gasteiger partial charge on any atom is 0.410 e. The number of benzene rings is 2. The van der Waals surface area contributed by atoms with E-state index in [0.29, 0.717) is 41.7 Å². The highest BCUT2D eigenvalue weighted by atomic mass is 16.6. The summed E-state index contributed by atoms with van der Waals surface area (Å²) in [6.45, 7) is 9.37. The Morgan fingerprint density at radius 1 is 0.771 bits per heavy atom. The number of nitrogens with zero attached hydrogens (tertiary/aromatic N) is 5. The van der Waals surface area contributed by atoms with E-state index < -0.39 is 23.8 Å². The standard InChI is InChI=1S/C36H42N6O6/c43-30-9-8-29(31(44)37-30)42-32(45)27-7-6-26(18-28(27)33(42)46)40-14-10-38(11-15-40)23-35-20-36(21-35,22-35)24-39-12-16-41(17-13-39)34(47)48-19-25-4-2-1-3-5-25/h1-7,18,29H,8-17,19-24H2,(H,37,43,44). The Morgan fingerprint density at radius 2 is 1.40 bits per heavy atom. The lowest BCUT2D eigenvalue weighted by Crippen LogP contribution is -2.70. The number of fused-ring (bicyclic) bond motifs is 1. The van der Waals surface area contributed by atoms with Gasteiger partial charge in [0, 0.05) is 77.6 Å². The largest absolute Gasteiger partial charge is 0.445 e. The number of piperazine rings is 2. The third-order valence-corrected chi connectivity index (χ3v) is 11.4. The number of amides is 5. The van der Waals surface area contributed by atoms with E-state index in [4.69, 9.17) is 4.74 Å². The molecule has 1 unspecified atom stereocenters. The molecule has 4 aliphatic heterocycles. The van der Waals surface area contributed by atoms with Crippen molar-refractivity contribution in [3.05, 3.63) is 65.2 Å². The molecule has 1 atom stereocenters. The fourth-order valence-corrected chi connectivity index (χ4v) is 9.23. The fraction of sp³-hybridized carbons (Fsp3) is 0.528. The predicted octanol–water partition coefficient (Wildman–Crippen LogP) is 2.33. The number of ether oxygens (including phenoxy) is 1. The lowest BCUT2D eigenvalue weighted by molar-refractivity contribution is -0.223. The average Bonchev–Trinajstić information content (AvgIpc) is 3.31. The number of imide groups is 2. The minimum atomic E-state index is -0.954. The molecular weight excluding hydrogens is 612 g/mol. The highest BCUT2D eigenvalue weighted by Gasteiger charge is 2.67. The van der Waals surface area contributed by atoms with Gasteiger partial charge in [0.25, 0.3) is 11.8 Å². The first-order valence-electron chi connectivity index (χ1n) is 17.2. The molecule has 9 rings (SSSR count). The van der Waals surface area contributed by atoms with Gasteiger partial charge in [0.2, 0.25) is 11.8 Å². The summed E-state index contributed by atoms with van der Waals surface area (Å²) in [5, 5.41) is 2.25. The molecule has 7 aliphatic rings. The molecule has 12 nitrogen and oxygen atoms in total. The van der Waals surface area contributed by atoms with E-state index in [0.717, 1.165) is 68.5 Å². The number of hydrogen-bond donors (Lipinski definition) is 1. The van der Waals surface area contributed by atoms with Crippen LogP contribution in [0, 0.1) is 10.8 Å². The molecule has 2 aromatic rings. The van der Waals surface area contributed by atoms with Crippen LogP contribution in [0.3, 0.4) is 0 Å². The first kappa shape index (κ1) is 31.0. The number of hydrogen-bond acceptors (Lipinski definition) is 9. The van der Waals surface area contributed by atoms with Gasteiger partial charge in [-0.05, 0) is 60.3 Å². The van der Waals surface area contributed by atoms with Gasteiger partial charge < -0.3 is 14.5 Å². The summed E-state index contributed by atoms with van der Waals surface area (Å²) in [6.07, 6.45) is 3.88. The fourth-order valence-electron chi connectivity index (χ4n) is 9.23. The molecule has 0 spiro atoms. The minimum Gasteiger partial charge on any atom is -0.445 e. The smallest absolute Gasteiger partial charge is 0.410 e. The molecule has 6 fully saturated rings. The van der Waals surface area contributed by atoms with Gasteiger partial charge in [0.1, 0.15) is 12.6 Å². The Labute approximate surface area is 279 Å². The number of nitrogens with one attached hydrogen (secondary N) is 1. The van der Waals surface area contributed by atoms with Gasteiger partial charge in [0.15, 0.2) is 0 Å². The van der Waals surface area contributed by atoms with Crippen LogP contribution in [0.4, 0.5) is 10.5 Å². The molecule has 0 aromatic heterocycles. The van der Waals surface area contributed by atoms with Crippen LogP contribution >= 0.6 is 0 Å². The molecule has 12 heteroatoms. The molecule has 2 aromatic carbocycles. The van der Waals surface area contributed by atoms with Crippen LogP contribution < -0.4 is 10.2 Å². The highest BCUT2D eigenvalue weighted by Crippen LogP contribution is 2.73. The Balaban J connectivity index is 0.772. The molecule has 4 heterocycles. The summed E-state index contributed by atoms with van der Waals surface area (Å²) in [4.78, 5) is 73.1. The van der Waals surface area contributed by atoms with E-state index in [1.54, 1.807) is 12.1 Å². The molecule has 48 heavy (non-hydrogen) atoms. The van der Waals surface area contributed by atoms with Gasteiger partial charge in [-0.3, -0.25) is 39.2 Å². The van der Waals surface area contributed by atoms with Crippen molar-refractivity contribution in [3.63, 3.8) is 0 Å². The maximum absolute atomic E-state index is 13.3. The second-order valence-electron chi connectivity index (χ2n) is 14.8. The van der Waals surface area contributed by atoms with Gasteiger partial charge in [-0.1, -0.05) is 30.3 Å². The Bertz CT molecular complexity index is 1630. The van der Waals surface area contributed by atoms with Gasteiger partial charge >= 0.3 is 6.09 Å². The number of carbonyl (C=O) groups is 5. The molecule has 1 N–H and O–H groups in total. The van der Waals surface area contributed by atoms with Crippen molar-refractivity contribution in [1.29, 1.82) is 0 Å². The summed E-state index contributed by atoms with van der Waals surface area (Å²) in [7, 11) is 0. The number of anilines is 1. The van der Waals surface area contributed by atoms with Crippen molar-refractivity contribution in [2.45, 2.75) is 44.8 Å². The Morgan fingerprint density at radius 3 is 2.04 bits per heavy atom. The number of rotatable bonds is 8. The van der Waals surface area contributed by atoms with Crippen LogP contribution in [0.2, 0.25) is 0 Å². The molecule has 0 radical (unpaired) electrons. The Kier molecular flexibility index (Phi) is 7.75. The van der Waals surface area contributed by atoms with E-state index in [2.05, 4.69) is 20.0 Å². The van der Waals surface area contributed by atoms with Crippen LogP contribution in [-0.2, 0) is 20.9 Å². The normalized spacial score (nSPS) is 28.9. The lowest BCUT2D eigenvalue weighted by Gasteiger charge is -2.73. The maximum atomic E-state index is 13.3. The Hall–Kier alpha value is -4.29. The van der Waals surface area contributed by atoms with Crippen LogP contribution in [0.15, 0.2) is 48.5 Å².